The maximum Gasteiger partial charge on any atom is 0.244 e. The Balaban J connectivity index is 2.45. The van der Waals surface area contributed by atoms with Crippen molar-refractivity contribution in [3.8, 4) is 0 Å². The van der Waals surface area contributed by atoms with E-state index in [-0.39, 0.29) is 19.0 Å². The lowest BCUT2D eigenvalue weighted by atomic mass is 10.1. The van der Waals surface area contributed by atoms with Crippen molar-refractivity contribution < 1.29 is 18.0 Å². The summed E-state index contributed by atoms with van der Waals surface area (Å²) in [6.45, 7) is 7.74. The zero-order valence-electron chi connectivity index (χ0n) is 19.5. The molecule has 0 aromatic heterocycles. The van der Waals surface area contributed by atoms with E-state index in [1.165, 1.54) is 4.90 Å². The fourth-order valence-electron chi connectivity index (χ4n) is 3.58. The molecular formula is C24H33N3O4S. The largest absolute Gasteiger partial charge is 0.355 e. The normalized spacial score (nSPS) is 12.2. The van der Waals surface area contributed by atoms with Gasteiger partial charge in [0.1, 0.15) is 12.6 Å². The first-order valence-corrected chi connectivity index (χ1v) is 12.6. The maximum atomic E-state index is 13.5. The molecule has 0 aliphatic carbocycles. The van der Waals surface area contributed by atoms with Crippen molar-refractivity contribution in [3.05, 3.63) is 65.2 Å². The first kappa shape index (κ1) is 25.4. The number of likely N-dealkylation sites (N-methyl/N-ethyl adjacent to an activating group) is 1. The predicted molar refractivity (Wildman–Crippen MR) is 128 cm³/mol. The topological polar surface area (TPSA) is 86.8 Å². The summed E-state index contributed by atoms with van der Waals surface area (Å²) in [6, 6.07) is 13.9. The molecule has 8 heteroatoms. The van der Waals surface area contributed by atoms with Crippen LogP contribution in [-0.4, -0.2) is 50.5 Å². The van der Waals surface area contributed by atoms with E-state index < -0.39 is 22.0 Å². The van der Waals surface area contributed by atoms with Crippen LogP contribution in [0.2, 0.25) is 0 Å². The number of carbonyl (C=O) groups is 2. The highest BCUT2D eigenvalue weighted by molar-refractivity contribution is 7.92. The SMILES string of the molecule is CCNC(=O)[C@@H](CC)N(Cc1ccccc1C)C(=O)CN(c1cccc(C)c1)S(C)(=O)=O. The van der Waals surface area contributed by atoms with Crippen molar-refractivity contribution in [2.75, 3.05) is 23.7 Å². The highest BCUT2D eigenvalue weighted by atomic mass is 32.2. The number of carbonyl (C=O) groups excluding carboxylic acids is 2. The van der Waals surface area contributed by atoms with Gasteiger partial charge >= 0.3 is 0 Å². The molecule has 7 nitrogen and oxygen atoms in total. The molecule has 1 atom stereocenters. The minimum Gasteiger partial charge on any atom is -0.355 e. The van der Waals surface area contributed by atoms with E-state index in [0.29, 0.717) is 18.7 Å². The molecule has 0 aliphatic rings. The Morgan fingerprint density at radius 1 is 1.03 bits per heavy atom. The second-order valence-corrected chi connectivity index (χ2v) is 9.78. The third kappa shape index (κ3) is 6.56. The number of benzene rings is 2. The number of sulfonamides is 1. The number of amides is 2. The van der Waals surface area contributed by atoms with Crippen molar-refractivity contribution in [2.45, 2.75) is 46.7 Å². The number of anilines is 1. The average molecular weight is 460 g/mol. The van der Waals surface area contributed by atoms with Crippen LogP contribution in [0.25, 0.3) is 0 Å². The first-order chi connectivity index (χ1) is 15.1. The number of nitrogens with zero attached hydrogens (tertiary/aromatic N) is 2. The Bertz CT molecular complexity index is 1050. The molecule has 0 aliphatic heterocycles. The lowest BCUT2D eigenvalue weighted by Gasteiger charge is -2.33. The Kier molecular flexibility index (Phi) is 8.83. The molecule has 2 aromatic carbocycles. The molecule has 0 saturated heterocycles. The summed E-state index contributed by atoms with van der Waals surface area (Å²) in [4.78, 5) is 27.8. The van der Waals surface area contributed by atoms with E-state index in [2.05, 4.69) is 5.32 Å². The zero-order valence-corrected chi connectivity index (χ0v) is 20.3. The molecule has 2 rings (SSSR count). The lowest BCUT2D eigenvalue weighted by molar-refractivity contribution is -0.140. The summed E-state index contributed by atoms with van der Waals surface area (Å²) in [5, 5.41) is 2.79. The van der Waals surface area contributed by atoms with Crippen LogP contribution in [0.3, 0.4) is 0 Å². The quantitative estimate of drug-likeness (QED) is 0.592. The number of hydrogen-bond acceptors (Lipinski definition) is 4. The van der Waals surface area contributed by atoms with Gasteiger partial charge in [0.25, 0.3) is 0 Å². The minimum atomic E-state index is -3.72. The molecule has 2 amide bonds. The van der Waals surface area contributed by atoms with Gasteiger partial charge in [0.15, 0.2) is 0 Å². The van der Waals surface area contributed by atoms with Crippen LogP contribution in [0.1, 0.15) is 37.0 Å². The van der Waals surface area contributed by atoms with Gasteiger partial charge in [-0.1, -0.05) is 43.3 Å². The van der Waals surface area contributed by atoms with Gasteiger partial charge in [-0.2, -0.15) is 0 Å². The Morgan fingerprint density at radius 2 is 1.72 bits per heavy atom. The molecule has 32 heavy (non-hydrogen) atoms. The third-order valence-corrected chi connectivity index (χ3v) is 6.45. The average Bonchev–Trinajstić information content (AvgIpc) is 2.72. The van der Waals surface area contributed by atoms with Gasteiger partial charge in [-0.3, -0.25) is 13.9 Å². The van der Waals surface area contributed by atoms with Crippen LogP contribution in [0.4, 0.5) is 5.69 Å². The monoisotopic (exact) mass is 459 g/mol. The smallest absolute Gasteiger partial charge is 0.244 e. The van der Waals surface area contributed by atoms with E-state index in [0.717, 1.165) is 27.3 Å². The van der Waals surface area contributed by atoms with Crippen LogP contribution in [0.5, 0.6) is 0 Å². The fraction of sp³-hybridized carbons (Fsp3) is 0.417. The van der Waals surface area contributed by atoms with E-state index in [4.69, 9.17) is 0 Å². The Hall–Kier alpha value is -2.87. The van der Waals surface area contributed by atoms with Crippen molar-refractivity contribution >= 4 is 27.5 Å². The van der Waals surface area contributed by atoms with Crippen molar-refractivity contribution in [1.29, 1.82) is 0 Å². The molecule has 0 spiro atoms. The molecule has 0 heterocycles. The Morgan fingerprint density at radius 3 is 2.28 bits per heavy atom. The van der Waals surface area contributed by atoms with E-state index >= 15 is 0 Å². The van der Waals surface area contributed by atoms with Gasteiger partial charge in [-0.25, -0.2) is 8.42 Å². The van der Waals surface area contributed by atoms with Crippen molar-refractivity contribution in [3.63, 3.8) is 0 Å². The number of hydrogen-bond donors (Lipinski definition) is 1. The second kappa shape index (κ2) is 11.1. The van der Waals surface area contributed by atoms with Crippen molar-refractivity contribution in [1.82, 2.24) is 10.2 Å². The van der Waals surface area contributed by atoms with E-state index in [1.54, 1.807) is 18.2 Å². The molecular weight excluding hydrogens is 426 g/mol. The Labute approximate surface area is 191 Å². The van der Waals surface area contributed by atoms with Crippen LogP contribution in [-0.2, 0) is 26.2 Å². The number of aryl methyl sites for hydroxylation is 2. The van der Waals surface area contributed by atoms with E-state index in [1.807, 2.05) is 58.0 Å². The summed E-state index contributed by atoms with van der Waals surface area (Å²) in [5.41, 5.74) is 3.21. The first-order valence-electron chi connectivity index (χ1n) is 10.7. The van der Waals surface area contributed by atoms with Gasteiger partial charge in [0.2, 0.25) is 21.8 Å². The molecule has 0 radical (unpaired) electrons. The second-order valence-electron chi connectivity index (χ2n) is 7.88. The maximum absolute atomic E-state index is 13.5. The summed E-state index contributed by atoms with van der Waals surface area (Å²) in [5.74, 6) is -0.684. The zero-order chi connectivity index (χ0) is 23.9. The van der Waals surface area contributed by atoms with Gasteiger partial charge in [-0.15, -0.1) is 0 Å². The summed E-state index contributed by atoms with van der Waals surface area (Å²) in [6.07, 6.45) is 1.49. The molecule has 0 bridgehead atoms. The van der Waals surface area contributed by atoms with Gasteiger partial charge in [0, 0.05) is 13.1 Å². The number of nitrogens with one attached hydrogen (secondary N) is 1. The standard InChI is InChI=1S/C24H33N3O4S/c1-6-22(24(29)25-7-2)26(16-20-13-9-8-12-19(20)4)23(28)17-27(32(5,30)31)21-14-10-11-18(3)15-21/h8-15,22H,6-7,16-17H2,1-5H3,(H,25,29)/t22-/m1/s1. The lowest BCUT2D eigenvalue weighted by Crippen LogP contribution is -2.52. The third-order valence-electron chi connectivity index (χ3n) is 5.31. The van der Waals surface area contributed by atoms with Crippen molar-refractivity contribution in [2.24, 2.45) is 0 Å². The molecule has 1 N–H and O–H groups in total. The van der Waals surface area contributed by atoms with Gasteiger partial charge < -0.3 is 10.2 Å². The summed E-state index contributed by atoms with van der Waals surface area (Å²) >= 11 is 0. The highest BCUT2D eigenvalue weighted by Crippen LogP contribution is 2.21. The molecule has 2 aromatic rings. The summed E-state index contributed by atoms with van der Waals surface area (Å²) in [7, 11) is -3.72. The van der Waals surface area contributed by atoms with Crippen LogP contribution in [0.15, 0.2) is 48.5 Å². The molecule has 174 valence electrons. The van der Waals surface area contributed by atoms with Crippen LogP contribution in [0, 0.1) is 13.8 Å². The molecule has 0 saturated carbocycles. The predicted octanol–water partition coefficient (Wildman–Crippen LogP) is 3.01. The highest BCUT2D eigenvalue weighted by Gasteiger charge is 2.31. The number of rotatable bonds is 10. The van der Waals surface area contributed by atoms with Gasteiger partial charge in [-0.05, 0) is 56.0 Å². The molecule has 0 unspecified atom stereocenters. The summed E-state index contributed by atoms with van der Waals surface area (Å²) < 4.78 is 26.2. The molecule has 0 fully saturated rings. The fourth-order valence-corrected chi connectivity index (χ4v) is 4.42. The van der Waals surface area contributed by atoms with Gasteiger partial charge in [0.05, 0.1) is 11.9 Å². The van der Waals surface area contributed by atoms with Crippen LogP contribution < -0.4 is 9.62 Å². The van der Waals surface area contributed by atoms with Crippen LogP contribution >= 0.6 is 0 Å². The van der Waals surface area contributed by atoms with E-state index in [9.17, 15) is 18.0 Å². The minimum absolute atomic E-state index is 0.215.